The van der Waals surface area contributed by atoms with Gasteiger partial charge < -0.3 is 15.2 Å². The number of hydrogen-bond donors (Lipinski definition) is 3. The molecule has 2 aromatic heterocycles. The first-order valence-electron chi connectivity index (χ1n) is 11.8. The Kier molecular flexibility index (Phi) is 6.67. The number of pyridine rings is 1. The van der Waals surface area contributed by atoms with Crippen LogP contribution in [0.5, 0.6) is 5.75 Å². The Morgan fingerprint density at radius 3 is 2.57 bits per heavy atom. The van der Waals surface area contributed by atoms with Gasteiger partial charge in [-0.3, -0.25) is 4.79 Å². The highest BCUT2D eigenvalue weighted by Gasteiger charge is 2.34. The second-order valence-corrected chi connectivity index (χ2v) is 11.0. The number of aromatic nitrogens is 3. The number of sulfonamides is 1. The molecule has 5 rings (SSSR count). The summed E-state index contributed by atoms with van der Waals surface area (Å²) in [6.07, 6.45) is 2.84. The molecule has 0 unspecified atom stereocenters. The molecule has 0 amide bonds. The number of benzene rings is 2. The summed E-state index contributed by atoms with van der Waals surface area (Å²) in [5.41, 5.74) is 2.20. The standard InChI is InChI=1S/C26H27N5O5S/c1-16-3-8-24(27-13-16)29-21-9-10-31(15-22(21)32)37(34,35)20-6-4-17(5-7-20)18-11-19-14-28-30-26(33)25(19)23(12-18)36-2/h3-8,11-14,21-22,32H,9-10,15H2,1-2H3,(H,27,29)(H,30,33)/t21-,22+/m1/s1. The van der Waals surface area contributed by atoms with Crippen molar-refractivity contribution in [3.05, 3.63) is 76.8 Å². The van der Waals surface area contributed by atoms with Gasteiger partial charge in [0.15, 0.2) is 0 Å². The number of rotatable bonds is 6. The molecule has 3 heterocycles. The minimum Gasteiger partial charge on any atom is -0.496 e. The third-order valence-electron chi connectivity index (χ3n) is 6.56. The second kappa shape index (κ2) is 9.92. The predicted molar refractivity (Wildman–Crippen MR) is 140 cm³/mol. The van der Waals surface area contributed by atoms with Crippen LogP contribution in [0, 0.1) is 6.92 Å². The van der Waals surface area contributed by atoms with Crippen molar-refractivity contribution < 1.29 is 18.3 Å². The highest BCUT2D eigenvalue weighted by atomic mass is 32.2. The fourth-order valence-corrected chi connectivity index (χ4v) is 6.00. The number of H-pyrrole nitrogens is 1. The largest absolute Gasteiger partial charge is 0.496 e. The quantitative estimate of drug-likeness (QED) is 0.352. The third kappa shape index (κ3) is 4.93. The van der Waals surface area contributed by atoms with Gasteiger partial charge in [-0.05, 0) is 60.4 Å². The average molecular weight is 522 g/mol. The van der Waals surface area contributed by atoms with Crippen molar-refractivity contribution in [1.29, 1.82) is 0 Å². The summed E-state index contributed by atoms with van der Waals surface area (Å²) in [7, 11) is -2.31. The molecule has 1 saturated heterocycles. The summed E-state index contributed by atoms with van der Waals surface area (Å²) >= 11 is 0. The molecule has 2 atom stereocenters. The summed E-state index contributed by atoms with van der Waals surface area (Å²) in [6.45, 7) is 2.20. The van der Waals surface area contributed by atoms with Gasteiger partial charge in [0.25, 0.3) is 5.56 Å². The van der Waals surface area contributed by atoms with Crippen LogP contribution < -0.4 is 15.6 Å². The molecule has 0 radical (unpaired) electrons. The lowest BCUT2D eigenvalue weighted by Crippen LogP contribution is -2.51. The van der Waals surface area contributed by atoms with Gasteiger partial charge in [-0.25, -0.2) is 18.5 Å². The summed E-state index contributed by atoms with van der Waals surface area (Å²) in [5, 5.41) is 21.1. The second-order valence-electron chi connectivity index (χ2n) is 9.06. The van der Waals surface area contributed by atoms with E-state index < -0.39 is 16.1 Å². The van der Waals surface area contributed by atoms with Gasteiger partial charge in [-0.15, -0.1) is 0 Å². The van der Waals surface area contributed by atoms with Crippen LogP contribution in [0.15, 0.2) is 70.6 Å². The van der Waals surface area contributed by atoms with Gasteiger partial charge in [0.05, 0.1) is 35.7 Å². The molecule has 1 aliphatic rings. The predicted octanol–water partition coefficient (Wildman–Crippen LogP) is 2.54. The lowest BCUT2D eigenvalue weighted by atomic mass is 10.0. The van der Waals surface area contributed by atoms with E-state index >= 15 is 0 Å². The van der Waals surface area contributed by atoms with Gasteiger partial charge in [0.2, 0.25) is 10.0 Å². The molecule has 11 heteroatoms. The summed E-state index contributed by atoms with van der Waals surface area (Å²) < 4.78 is 33.3. The van der Waals surface area contributed by atoms with Crippen molar-refractivity contribution >= 4 is 26.6 Å². The number of hydrogen-bond acceptors (Lipinski definition) is 8. The minimum atomic E-state index is -3.80. The number of fused-ring (bicyclic) bond motifs is 1. The fraction of sp³-hybridized carbons (Fsp3) is 0.269. The van der Waals surface area contributed by atoms with Crippen molar-refractivity contribution in [3.63, 3.8) is 0 Å². The normalized spacial score (nSPS) is 18.6. The van der Waals surface area contributed by atoms with Crippen molar-refractivity contribution in [2.75, 3.05) is 25.5 Å². The number of aliphatic hydroxyl groups is 1. The highest BCUT2D eigenvalue weighted by molar-refractivity contribution is 7.89. The van der Waals surface area contributed by atoms with Crippen molar-refractivity contribution in [1.82, 2.24) is 19.5 Å². The minimum absolute atomic E-state index is 0.0168. The van der Waals surface area contributed by atoms with Crippen molar-refractivity contribution in [2.45, 2.75) is 30.4 Å². The molecule has 0 bridgehead atoms. The van der Waals surface area contributed by atoms with Gasteiger partial charge in [0, 0.05) is 24.7 Å². The van der Waals surface area contributed by atoms with Crippen LogP contribution in [0.4, 0.5) is 5.82 Å². The van der Waals surface area contributed by atoms with Gasteiger partial charge >= 0.3 is 0 Å². The highest BCUT2D eigenvalue weighted by Crippen LogP contribution is 2.31. The Morgan fingerprint density at radius 1 is 1.11 bits per heavy atom. The summed E-state index contributed by atoms with van der Waals surface area (Å²) in [6, 6.07) is 13.5. The zero-order valence-corrected chi connectivity index (χ0v) is 21.2. The third-order valence-corrected chi connectivity index (χ3v) is 8.44. The molecule has 0 saturated carbocycles. The Labute approximate surface area is 214 Å². The molecule has 4 aromatic rings. The molecular formula is C26H27N5O5S. The van der Waals surface area contributed by atoms with Crippen LogP contribution in [0.1, 0.15) is 12.0 Å². The SMILES string of the molecule is COc1cc(-c2ccc(S(=O)(=O)N3CC[C@@H](Nc4ccc(C)cn4)[C@@H](O)C3)cc2)cc2cn[nH]c(=O)c12. The molecular weight excluding hydrogens is 494 g/mol. The van der Waals surface area contributed by atoms with E-state index in [2.05, 4.69) is 20.5 Å². The van der Waals surface area contributed by atoms with E-state index in [9.17, 15) is 18.3 Å². The molecule has 2 aromatic carbocycles. The number of anilines is 1. The number of nitrogens with zero attached hydrogens (tertiary/aromatic N) is 3. The topological polar surface area (TPSA) is 138 Å². The van der Waals surface area contributed by atoms with Crippen LogP contribution in [0.25, 0.3) is 21.9 Å². The monoisotopic (exact) mass is 521 g/mol. The van der Waals surface area contributed by atoms with Crippen LogP contribution in [-0.4, -0.2) is 65.4 Å². The van der Waals surface area contributed by atoms with Crippen molar-refractivity contribution in [2.24, 2.45) is 0 Å². The first kappa shape index (κ1) is 24.9. The number of aliphatic hydroxyl groups excluding tert-OH is 1. The van der Waals surface area contributed by atoms with Crippen LogP contribution in [0.3, 0.4) is 0 Å². The number of methoxy groups -OCH3 is 1. The van der Waals surface area contributed by atoms with E-state index in [4.69, 9.17) is 4.74 Å². The van der Waals surface area contributed by atoms with Gasteiger partial charge in [-0.2, -0.15) is 9.40 Å². The van der Waals surface area contributed by atoms with Crippen molar-refractivity contribution in [3.8, 4) is 16.9 Å². The fourth-order valence-electron chi connectivity index (χ4n) is 4.53. The number of aromatic amines is 1. The molecule has 0 spiro atoms. The summed E-state index contributed by atoms with van der Waals surface area (Å²) in [4.78, 5) is 16.6. The lowest BCUT2D eigenvalue weighted by Gasteiger charge is -2.35. The van der Waals surface area contributed by atoms with E-state index in [1.54, 1.807) is 48.8 Å². The van der Waals surface area contributed by atoms with E-state index in [0.717, 1.165) is 16.7 Å². The maximum atomic E-state index is 13.3. The molecule has 37 heavy (non-hydrogen) atoms. The number of aryl methyl sites for hydroxylation is 1. The Balaban J connectivity index is 1.33. The maximum absolute atomic E-state index is 13.3. The van der Waals surface area contributed by atoms with E-state index in [1.807, 2.05) is 19.1 Å². The number of nitrogens with one attached hydrogen (secondary N) is 2. The molecule has 1 aliphatic heterocycles. The summed E-state index contributed by atoms with van der Waals surface area (Å²) in [5.74, 6) is 1.05. The molecule has 3 N–H and O–H groups in total. The first-order valence-corrected chi connectivity index (χ1v) is 13.2. The maximum Gasteiger partial charge on any atom is 0.275 e. The molecule has 10 nitrogen and oxygen atoms in total. The zero-order valence-electron chi connectivity index (χ0n) is 20.4. The molecule has 0 aliphatic carbocycles. The van der Waals surface area contributed by atoms with E-state index in [0.29, 0.717) is 28.8 Å². The van der Waals surface area contributed by atoms with Gasteiger partial charge in [0.1, 0.15) is 11.6 Å². The number of β-amino-alcohol motifs (C(OH)–C–C–N with tert-alkyl or cyclic N) is 1. The van der Waals surface area contributed by atoms with E-state index in [1.165, 1.54) is 11.4 Å². The molecule has 192 valence electrons. The van der Waals surface area contributed by atoms with Crippen LogP contribution in [0.2, 0.25) is 0 Å². The Bertz CT molecular complexity index is 1590. The van der Waals surface area contributed by atoms with Crippen LogP contribution in [-0.2, 0) is 10.0 Å². The molecule has 1 fully saturated rings. The lowest BCUT2D eigenvalue weighted by molar-refractivity contribution is 0.0949. The zero-order chi connectivity index (χ0) is 26.2. The van der Waals surface area contributed by atoms with Gasteiger partial charge in [-0.1, -0.05) is 18.2 Å². The first-order chi connectivity index (χ1) is 17.8. The van der Waals surface area contributed by atoms with Crippen LogP contribution >= 0.6 is 0 Å². The smallest absolute Gasteiger partial charge is 0.275 e. The number of ether oxygens (including phenoxy) is 1. The number of piperidine rings is 1. The Morgan fingerprint density at radius 2 is 1.89 bits per heavy atom. The van der Waals surface area contributed by atoms with E-state index in [-0.39, 0.29) is 29.6 Å². The Hall–Kier alpha value is -3.80. The average Bonchev–Trinajstić information content (AvgIpc) is 2.90.